The van der Waals surface area contributed by atoms with Gasteiger partial charge in [-0.2, -0.15) is 0 Å². The molecule has 0 radical (unpaired) electrons. The minimum absolute atomic E-state index is 0.205. The van der Waals surface area contributed by atoms with Crippen molar-refractivity contribution < 1.29 is 4.39 Å². The third-order valence-electron chi connectivity index (χ3n) is 2.16. The minimum atomic E-state index is -0.205. The lowest BCUT2D eigenvalue weighted by Gasteiger charge is -2.02. The van der Waals surface area contributed by atoms with Crippen molar-refractivity contribution in [2.24, 2.45) is 0 Å². The van der Waals surface area contributed by atoms with Gasteiger partial charge in [-0.25, -0.2) is 4.39 Å². The van der Waals surface area contributed by atoms with Gasteiger partial charge < -0.3 is 0 Å². The Morgan fingerprint density at radius 3 is 2.93 bits per heavy atom. The highest BCUT2D eigenvalue weighted by Crippen LogP contribution is 2.24. The standard InChI is InChI=1S/C12H10FN/c1-2-11(13)9-5-3-7-12-10(9)6-4-8-14-12/h2-8H,1H3/b11-2+. The summed E-state index contributed by atoms with van der Waals surface area (Å²) in [6, 6.07) is 9.14. The Hall–Kier alpha value is -1.70. The monoisotopic (exact) mass is 187 g/mol. The van der Waals surface area contributed by atoms with Crippen molar-refractivity contribution in [1.29, 1.82) is 0 Å². The first-order valence-corrected chi connectivity index (χ1v) is 4.49. The van der Waals surface area contributed by atoms with Crippen LogP contribution in [0.3, 0.4) is 0 Å². The van der Waals surface area contributed by atoms with Crippen LogP contribution >= 0.6 is 0 Å². The van der Waals surface area contributed by atoms with E-state index in [2.05, 4.69) is 4.98 Å². The molecule has 0 saturated carbocycles. The van der Waals surface area contributed by atoms with Gasteiger partial charge in [-0.15, -0.1) is 0 Å². The van der Waals surface area contributed by atoms with E-state index in [9.17, 15) is 4.39 Å². The predicted octanol–water partition coefficient (Wildman–Crippen LogP) is 3.57. The van der Waals surface area contributed by atoms with E-state index in [0.717, 1.165) is 10.9 Å². The molecular weight excluding hydrogens is 177 g/mol. The first-order valence-electron chi connectivity index (χ1n) is 4.49. The van der Waals surface area contributed by atoms with Crippen LogP contribution in [0.25, 0.3) is 16.7 Å². The Bertz CT molecular complexity index is 483. The highest BCUT2D eigenvalue weighted by atomic mass is 19.1. The van der Waals surface area contributed by atoms with Crippen molar-refractivity contribution in [3.05, 3.63) is 48.2 Å². The summed E-state index contributed by atoms with van der Waals surface area (Å²) >= 11 is 0. The van der Waals surface area contributed by atoms with Crippen LogP contribution in [0.2, 0.25) is 0 Å². The van der Waals surface area contributed by atoms with E-state index in [1.165, 1.54) is 6.08 Å². The van der Waals surface area contributed by atoms with E-state index < -0.39 is 0 Å². The Balaban J connectivity index is 2.77. The number of aromatic nitrogens is 1. The number of fused-ring (bicyclic) bond motifs is 1. The maximum atomic E-state index is 13.4. The molecule has 2 aromatic rings. The summed E-state index contributed by atoms with van der Waals surface area (Å²) in [5, 5.41) is 0.852. The van der Waals surface area contributed by atoms with E-state index in [1.54, 1.807) is 19.2 Å². The molecule has 0 aliphatic heterocycles. The molecule has 0 aliphatic carbocycles. The average Bonchev–Trinajstić information content (AvgIpc) is 2.27. The zero-order chi connectivity index (χ0) is 9.97. The van der Waals surface area contributed by atoms with Crippen molar-refractivity contribution in [3.8, 4) is 0 Å². The molecule has 0 unspecified atom stereocenters. The number of halogens is 1. The van der Waals surface area contributed by atoms with Crippen LogP contribution in [-0.2, 0) is 0 Å². The first kappa shape index (κ1) is 8.88. The third kappa shape index (κ3) is 1.39. The van der Waals surface area contributed by atoms with Gasteiger partial charge >= 0.3 is 0 Å². The summed E-state index contributed by atoms with van der Waals surface area (Å²) < 4.78 is 13.4. The molecule has 0 aliphatic rings. The quantitative estimate of drug-likeness (QED) is 0.665. The Labute approximate surface area is 81.9 Å². The number of hydrogen-bond acceptors (Lipinski definition) is 1. The fourth-order valence-electron chi connectivity index (χ4n) is 1.47. The smallest absolute Gasteiger partial charge is 0.126 e. The van der Waals surface area contributed by atoms with Gasteiger partial charge in [0.2, 0.25) is 0 Å². The molecule has 1 aromatic heterocycles. The van der Waals surface area contributed by atoms with Crippen LogP contribution in [0.4, 0.5) is 4.39 Å². The van der Waals surface area contributed by atoms with Crippen molar-refractivity contribution in [2.75, 3.05) is 0 Å². The predicted molar refractivity (Wildman–Crippen MR) is 56.5 cm³/mol. The fraction of sp³-hybridized carbons (Fsp3) is 0.0833. The molecule has 0 fully saturated rings. The molecule has 0 amide bonds. The first-order chi connectivity index (χ1) is 6.83. The normalized spacial score (nSPS) is 12.0. The summed E-state index contributed by atoms with van der Waals surface area (Å²) in [6.45, 7) is 1.69. The molecule has 1 nitrogen and oxygen atoms in total. The molecule has 1 aromatic carbocycles. The van der Waals surface area contributed by atoms with Crippen molar-refractivity contribution in [1.82, 2.24) is 4.98 Å². The molecule has 0 N–H and O–H groups in total. The summed E-state index contributed by atoms with van der Waals surface area (Å²) in [5.74, 6) is -0.205. The SMILES string of the molecule is C/C=C(/F)c1cccc2ncccc12. The Kier molecular flexibility index (Phi) is 2.27. The summed E-state index contributed by atoms with van der Waals surface area (Å²) in [4.78, 5) is 4.16. The van der Waals surface area contributed by atoms with Crippen LogP contribution in [0.1, 0.15) is 12.5 Å². The van der Waals surface area contributed by atoms with E-state index >= 15 is 0 Å². The fourth-order valence-corrected chi connectivity index (χ4v) is 1.47. The molecule has 70 valence electrons. The van der Waals surface area contributed by atoms with Gasteiger partial charge in [0.1, 0.15) is 5.83 Å². The van der Waals surface area contributed by atoms with Gasteiger partial charge in [0.15, 0.2) is 0 Å². The number of benzene rings is 1. The van der Waals surface area contributed by atoms with Gasteiger partial charge in [0, 0.05) is 17.1 Å². The highest BCUT2D eigenvalue weighted by molar-refractivity contribution is 5.89. The zero-order valence-corrected chi connectivity index (χ0v) is 7.87. The van der Waals surface area contributed by atoms with Crippen LogP contribution in [0.5, 0.6) is 0 Å². The zero-order valence-electron chi connectivity index (χ0n) is 7.87. The van der Waals surface area contributed by atoms with Gasteiger partial charge in [-0.1, -0.05) is 24.3 Å². The summed E-state index contributed by atoms with van der Waals surface area (Å²) in [6.07, 6.45) is 3.17. The number of nitrogens with zero attached hydrogens (tertiary/aromatic N) is 1. The third-order valence-corrected chi connectivity index (χ3v) is 2.16. The van der Waals surface area contributed by atoms with Gasteiger partial charge in [-0.05, 0) is 19.1 Å². The summed E-state index contributed by atoms with van der Waals surface area (Å²) in [7, 11) is 0. The van der Waals surface area contributed by atoms with Crippen molar-refractivity contribution in [3.63, 3.8) is 0 Å². The molecule has 0 atom stereocenters. The van der Waals surface area contributed by atoms with E-state index in [0.29, 0.717) is 5.56 Å². The maximum absolute atomic E-state index is 13.4. The number of rotatable bonds is 1. The molecular formula is C12H10FN. The Morgan fingerprint density at radius 1 is 1.29 bits per heavy atom. The summed E-state index contributed by atoms with van der Waals surface area (Å²) in [5.41, 5.74) is 1.43. The number of pyridine rings is 1. The average molecular weight is 187 g/mol. The number of allylic oxidation sites excluding steroid dienone is 1. The van der Waals surface area contributed by atoms with Crippen LogP contribution in [0, 0.1) is 0 Å². The van der Waals surface area contributed by atoms with Gasteiger partial charge in [0.05, 0.1) is 5.52 Å². The topological polar surface area (TPSA) is 12.9 Å². The van der Waals surface area contributed by atoms with Crippen LogP contribution in [-0.4, -0.2) is 4.98 Å². The van der Waals surface area contributed by atoms with Gasteiger partial charge in [0.25, 0.3) is 0 Å². The minimum Gasteiger partial charge on any atom is -0.256 e. The molecule has 0 saturated heterocycles. The van der Waals surface area contributed by atoms with Crippen molar-refractivity contribution >= 4 is 16.7 Å². The second-order valence-corrected chi connectivity index (χ2v) is 3.01. The molecule has 2 rings (SSSR count). The highest BCUT2D eigenvalue weighted by Gasteiger charge is 2.04. The van der Waals surface area contributed by atoms with Crippen LogP contribution in [0.15, 0.2) is 42.6 Å². The van der Waals surface area contributed by atoms with E-state index in [1.807, 2.05) is 24.3 Å². The molecule has 0 bridgehead atoms. The van der Waals surface area contributed by atoms with Gasteiger partial charge in [-0.3, -0.25) is 4.98 Å². The lowest BCUT2D eigenvalue weighted by molar-refractivity contribution is 0.760. The Morgan fingerprint density at radius 2 is 2.14 bits per heavy atom. The van der Waals surface area contributed by atoms with Crippen molar-refractivity contribution in [2.45, 2.75) is 6.92 Å². The maximum Gasteiger partial charge on any atom is 0.126 e. The lowest BCUT2D eigenvalue weighted by Crippen LogP contribution is -1.83. The lowest BCUT2D eigenvalue weighted by atomic mass is 10.1. The molecule has 2 heteroatoms. The van der Waals surface area contributed by atoms with Crippen LogP contribution < -0.4 is 0 Å². The number of hydrogen-bond donors (Lipinski definition) is 0. The second kappa shape index (κ2) is 3.58. The largest absolute Gasteiger partial charge is 0.256 e. The molecule has 0 spiro atoms. The molecule has 1 heterocycles. The van der Waals surface area contributed by atoms with E-state index in [-0.39, 0.29) is 5.83 Å². The van der Waals surface area contributed by atoms with E-state index in [4.69, 9.17) is 0 Å². The second-order valence-electron chi connectivity index (χ2n) is 3.01. The molecule has 14 heavy (non-hydrogen) atoms.